The molecule has 1 aliphatic rings. The Bertz CT molecular complexity index is 370. The lowest BCUT2D eigenvalue weighted by atomic mass is 9.82. The Kier molecular flexibility index (Phi) is 4.63. The molecular weight excluding hydrogens is 307 g/mol. The number of alkyl halides is 3. The van der Waals surface area contributed by atoms with E-state index in [0.717, 1.165) is 11.8 Å². The van der Waals surface area contributed by atoms with Crippen molar-refractivity contribution in [2.45, 2.75) is 20.7 Å². The predicted molar refractivity (Wildman–Crippen MR) is 70.9 cm³/mol. The summed E-state index contributed by atoms with van der Waals surface area (Å²) >= 11 is 17.8. The molecule has 2 atom stereocenters. The largest absolute Gasteiger partial charge is 0.369 e. The molecule has 2 unspecified atom stereocenters. The van der Waals surface area contributed by atoms with Gasteiger partial charge in [-0.15, -0.1) is 0 Å². The molecule has 0 aromatic heterocycles. The van der Waals surface area contributed by atoms with E-state index in [9.17, 15) is 9.59 Å². The van der Waals surface area contributed by atoms with Crippen LogP contribution in [-0.4, -0.2) is 19.7 Å². The Morgan fingerprint density at radius 3 is 2.35 bits per heavy atom. The average Bonchev–Trinajstić information content (AvgIpc) is 2.15. The lowest BCUT2D eigenvalue weighted by molar-refractivity contribution is -0.128. The second-order valence-corrected chi connectivity index (χ2v) is 8.15. The number of thioether (sulfide) groups is 1. The van der Waals surface area contributed by atoms with Crippen molar-refractivity contribution < 1.29 is 9.59 Å². The first-order chi connectivity index (χ1) is 7.69. The zero-order chi connectivity index (χ0) is 13.3. The molecular formula is C9H11Cl3N2O2S. The number of allylic oxidation sites excluding steroid dienone is 1. The van der Waals surface area contributed by atoms with Crippen molar-refractivity contribution in [3.8, 4) is 0 Å². The molecule has 0 aromatic rings. The molecule has 2 amide bonds. The van der Waals surface area contributed by atoms with Crippen LogP contribution in [0.1, 0.15) is 12.8 Å². The summed E-state index contributed by atoms with van der Waals surface area (Å²) in [5.74, 6) is -2.24. The third kappa shape index (κ3) is 3.44. The monoisotopic (exact) mass is 316 g/mol. The highest BCUT2D eigenvalue weighted by molar-refractivity contribution is 8.06. The molecule has 0 fully saturated rings. The quantitative estimate of drug-likeness (QED) is 0.614. The van der Waals surface area contributed by atoms with Gasteiger partial charge in [0.1, 0.15) is 4.75 Å². The van der Waals surface area contributed by atoms with Crippen molar-refractivity contribution in [1.29, 1.82) is 0 Å². The van der Waals surface area contributed by atoms with Gasteiger partial charge in [0.05, 0.1) is 5.92 Å². The second-order valence-electron chi connectivity index (χ2n) is 3.65. The fourth-order valence-corrected chi connectivity index (χ4v) is 4.11. The first-order valence-corrected chi connectivity index (χ1v) is 6.67. The van der Waals surface area contributed by atoms with E-state index in [0.29, 0.717) is 12.8 Å². The fourth-order valence-electron chi connectivity index (χ4n) is 1.81. The minimum Gasteiger partial charge on any atom is -0.369 e. The van der Waals surface area contributed by atoms with Gasteiger partial charge in [0.15, 0.2) is 0 Å². The predicted octanol–water partition coefficient (Wildman–Crippen LogP) is 1.72. The van der Waals surface area contributed by atoms with Crippen LogP contribution < -0.4 is 11.5 Å². The topological polar surface area (TPSA) is 86.2 Å². The van der Waals surface area contributed by atoms with Crippen molar-refractivity contribution in [2.24, 2.45) is 17.4 Å². The maximum absolute atomic E-state index is 11.7. The lowest BCUT2D eigenvalue weighted by Crippen LogP contribution is -2.53. The summed E-state index contributed by atoms with van der Waals surface area (Å²) in [5, 5.41) is 0. The molecule has 96 valence electrons. The molecule has 1 aliphatic carbocycles. The van der Waals surface area contributed by atoms with E-state index in [4.69, 9.17) is 46.3 Å². The van der Waals surface area contributed by atoms with Crippen LogP contribution in [0.25, 0.3) is 0 Å². The number of hydrogen-bond acceptors (Lipinski definition) is 3. The van der Waals surface area contributed by atoms with E-state index in [1.807, 2.05) is 0 Å². The molecule has 0 aliphatic heterocycles. The van der Waals surface area contributed by atoms with Crippen LogP contribution >= 0.6 is 46.6 Å². The van der Waals surface area contributed by atoms with E-state index in [1.54, 1.807) is 12.2 Å². The van der Waals surface area contributed by atoms with Crippen LogP contribution in [0.2, 0.25) is 0 Å². The number of halogens is 3. The highest BCUT2D eigenvalue weighted by atomic mass is 35.6. The summed E-state index contributed by atoms with van der Waals surface area (Å²) < 4.78 is -3.04. The van der Waals surface area contributed by atoms with Crippen molar-refractivity contribution in [2.75, 3.05) is 0 Å². The third-order valence-electron chi connectivity index (χ3n) is 2.53. The Morgan fingerprint density at radius 2 is 1.94 bits per heavy atom. The Hall–Kier alpha value is -0.100. The molecule has 17 heavy (non-hydrogen) atoms. The molecule has 0 spiro atoms. The fraction of sp³-hybridized carbons (Fsp3) is 0.556. The van der Waals surface area contributed by atoms with Crippen molar-refractivity contribution in [3.63, 3.8) is 0 Å². The van der Waals surface area contributed by atoms with Gasteiger partial charge in [-0.05, 0) is 12.8 Å². The zero-order valence-corrected chi connectivity index (χ0v) is 11.7. The number of nitrogens with two attached hydrogens (primary N) is 2. The number of primary amides is 2. The number of rotatable bonds is 3. The van der Waals surface area contributed by atoms with E-state index in [-0.39, 0.29) is 0 Å². The number of carbonyl (C=O) groups is 2. The van der Waals surface area contributed by atoms with Crippen LogP contribution in [0.4, 0.5) is 0 Å². The minimum absolute atomic E-state index is 0.311. The van der Waals surface area contributed by atoms with Crippen LogP contribution in [0, 0.1) is 5.92 Å². The molecule has 4 N–H and O–H groups in total. The summed E-state index contributed by atoms with van der Waals surface area (Å²) in [6.07, 6.45) is 4.18. The molecule has 0 saturated heterocycles. The molecule has 4 nitrogen and oxygen atoms in total. The van der Waals surface area contributed by atoms with E-state index < -0.39 is 25.6 Å². The van der Waals surface area contributed by atoms with Crippen molar-refractivity contribution in [1.82, 2.24) is 0 Å². The van der Waals surface area contributed by atoms with Gasteiger partial charge >= 0.3 is 0 Å². The van der Waals surface area contributed by atoms with Gasteiger partial charge in [-0.25, -0.2) is 0 Å². The molecule has 0 saturated carbocycles. The van der Waals surface area contributed by atoms with Crippen LogP contribution in [0.3, 0.4) is 0 Å². The van der Waals surface area contributed by atoms with Gasteiger partial charge in [-0.1, -0.05) is 58.7 Å². The van der Waals surface area contributed by atoms with E-state index in [1.165, 1.54) is 0 Å². The van der Waals surface area contributed by atoms with Crippen LogP contribution in [0.15, 0.2) is 12.2 Å². The van der Waals surface area contributed by atoms with Gasteiger partial charge in [-0.2, -0.15) is 0 Å². The first kappa shape index (κ1) is 15.0. The summed E-state index contributed by atoms with van der Waals surface area (Å²) in [4.78, 5) is 23.0. The Balaban J connectivity index is 3.17. The van der Waals surface area contributed by atoms with Crippen molar-refractivity contribution >= 4 is 58.4 Å². The average molecular weight is 318 g/mol. The molecule has 0 heterocycles. The minimum atomic E-state index is -1.74. The highest BCUT2D eigenvalue weighted by Gasteiger charge is 2.51. The standard InChI is InChI=1S/C9H11Cl3N2O2S/c10-9(11,12)17-8(7(14)16)4-2-1-3-5(8)6(13)15/h1,3,5H,2,4H2,(H2,13,15)(H2,14,16). The summed E-state index contributed by atoms with van der Waals surface area (Å²) in [6.45, 7) is 0. The highest BCUT2D eigenvalue weighted by Crippen LogP contribution is 2.52. The normalized spacial score (nSPS) is 29.0. The van der Waals surface area contributed by atoms with Gasteiger partial charge in [0.2, 0.25) is 14.9 Å². The van der Waals surface area contributed by atoms with Gasteiger partial charge < -0.3 is 11.5 Å². The van der Waals surface area contributed by atoms with E-state index >= 15 is 0 Å². The maximum Gasteiger partial charge on any atom is 0.238 e. The number of hydrogen-bond donors (Lipinski definition) is 2. The maximum atomic E-state index is 11.7. The van der Waals surface area contributed by atoms with Gasteiger partial charge in [-0.3, -0.25) is 9.59 Å². The lowest BCUT2D eigenvalue weighted by Gasteiger charge is -2.38. The summed E-state index contributed by atoms with van der Waals surface area (Å²) in [6, 6.07) is 0. The summed E-state index contributed by atoms with van der Waals surface area (Å²) in [5.41, 5.74) is 10.6. The third-order valence-corrected chi connectivity index (χ3v) is 4.48. The number of amides is 2. The summed E-state index contributed by atoms with van der Waals surface area (Å²) in [7, 11) is 0. The van der Waals surface area contributed by atoms with Crippen molar-refractivity contribution in [3.05, 3.63) is 12.2 Å². The van der Waals surface area contributed by atoms with Crippen LogP contribution in [-0.2, 0) is 9.59 Å². The number of carbonyl (C=O) groups excluding carboxylic acids is 2. The zero-order valence-electron chi connectivity index (χ0n) is 8.66. The Labute approximate surface area is 118 Å². The molecule has 1 rings (SSSR count). The molecule has 0 bridgehead atoms. The first-order valence-electron chi connectivity index (χ1n) is 4.72. The second kappa shape index (κ2) is 5.26. The Morgan fingerprint density at radius 1 is 1.35 bits per heavy atom. The van der Waals surface area contributed by atoms with Gasteiger partial charge in [0, 0.05) is 0 Å². The molecule has 0 aromatic carbocycles. The molecule has 0 radical (unpaired) electrons. The van der Waals surface area contributed by atoms with Crippen LogP contribution in [0.5, 0.6) is 0 Å². The van der Waals surface area contributed by atoms with Gasteiger partial charge in [0.25, 0.3) is 0 Å². The SMILES string of the molecule is NC(=O)C1C=CCCC1(SC(Cl)(Cl)Cl)C(N)=O. The van der Waals surface area contributed by atoms with E-state index in [2.05, 4.69) is 0 Å². The molecule has 8 heteroatoms. The smallest absolute Gasteiger partial charge is 0.238 e.